The molecule has 0 aliphatic carbocycles. The van der Waals surface area contributed by atoms with Crippen LogP contribution in [0, 0.1) is 11.3 Å². The van der Waals surface area contributed by atoms with Crippen LogP contribution in [0.2, 0.25) is 0 Å². The molecular formula is C9H8Br2N2O. The number of aliphatic hydroxyl groups is 1. The van der Waals surface area contributed by atoms with Crippen molar-refractivity contribution >= 4 is 37.5 Å². The van der Waals surface area contributed by atoms with Crippen LogP contribution in [0.5, 0.6) is 0 Å². The highest BCUT2D eigenvalue weighted by molar-refractivity contribution is 9.10. The SMILES string of the molecule is N#Cc1cc(C(O)CBr)cc(Br)c1N. The second kappa shape index (κ2) is 4.78. The smallest absolute Gasteiger partial charge is 0.101 e. The Labute approximate surface area is 98.8 Å². The van der Waals surface area contributed by atoms with Crippen LogP contribution in [0.15, 0.2) is 16.6 Å². The van der Waals surface area contributed by atoms with E-state index in [9.17, 15) is 5.11 Å². The molecule has 0 saturated carbocycles. The van der Waals surface area contributed by atoms with Gasteiger partial charge in [-0.05, 0) is 33.6 Å². The number of nitrogens with two attached hydrogens (primary N) is 1. The molecule has 0 aliphatic heterocycles. The van der Waals surface area contributed by atoms with Crippen molar-refractivity contribution in [1.29, 1.82) is 5.26 Å². The molecule has 0 spiro atoms. The quantitative estimate of drug-likeness (QED) is 0.649. The zero-order chi connectivity index (χ0) is 10.7. The summed E-state index contributed by atoms with van der Waals surface area (Å²) in [5.41, 5.74) is 7.08. The first-order valence-electron chi connectivity index (χ1n) is 3.83. The van der Waals surface area contributed by atoms with Crippen LogP contribution >= 0.6 is 31.9 Å². The monoisotopic (exact) mass is 318 g/mol. The first kappa shape index (κ1) is 11.5. The summed E-state index contributed by atoms with van der Waals surface area (Å²) in [5.74, 6) is 0. The number of hydrogen-bond donors (Lipinski definition) is 2. The van der Waals surface area contributed by atoms with Gasteiger partial charge in [-0.1, -0.05) is 15.9 Å². The molecule has 74 valence electrons. The van der Waals surface area contributed by atoms with E-state index in [1.165, 1.54) is 0 Å². The molecule has 0 radical (unpaired) electrons. The highest BCUT2D eigenvalue weighted by Crippen LogP contribution is 2.28. The first-order valence-corrected chi connectivity index (χ1v) is 5.74. The lowest BCUT2D eigenvalue weighted by Gasteiger charge is -2.10. The normalized spacial score (nSPS) is 12.1. The van der Waals surface area contributed by atoms with Gasteiger partial charge in [-0.3, -0.25) is 0 Å². The minimum Gasteiger partial charge on any atom is -0.397 e. The molecule has 3 nitrogen and oxygen atoms in total. The van der Waals surface area contributed by atoms with Crippen molar-refractivity contribution in [2.75, 3.05) is 11.1 Å². The Bertz CT molecular complexity index is 387. The summed E-state index contributed by atoms with van der Waals surface area (Å²) in [7, 11) is 0. The Morgan fingerprint density at radius 1 is 1.57 bits per heavy atom. The summed E-state index contributed by atoms with van der Waals surface area (Å²) in [4.78, 5) is 0. The average molecular weight is 320 g/mol. The van der Waals surface area contributed by atoms with Crippen molar-refractivity contribution in [2.45, 2.75) is 6.10 Å². The van der Waals surface area contributed by atoms with Gasteiger partial charge in [-0.25, -0.2) is 0 Å². The van der Waals surface area contributed by atoms with Crippen LogP contribution in [0.25, 0.3) is 0 Å². The minimum atomic E-state index is -0.626. The highest BCUT2D eigenvalue weighted by atomic mass is 79.9. The Morgan fingerprint density at radius 2 is 2.21 bits per heavy atom. The Kier molecular flexibility index (Phi) is 3.93. The Morgan fingerprint density at radius 3 is 2.71 bits per heavy atom. The van der Waals surface area contributed by atoms with E-state index < -0.39 is 6.10 Å². The van der Waals surface area contributed by atoms with Crippen molar-refractivity contribution < 1.29 is 5.11 Å². The molecule has 5 heteroatoms. The van der Waals surface area contributed by atoms with Crippen LogP contribution in [-0.4, -0.2) is 10.4 Å². The number of alkyl halides is 1. The molecule has 0 heterocycles. The third-order valence-corrected chi connectivity index (χ3v) is 3.07. The maximum atomic E-state index is 9.55. The maximum Gasteiger partial charge on any atom is 0.101 e. The third-order valence-electron chi connectivity index (χ3n) is 1.80. The van der Waals surface area contributed by atoms with Crippen molar-refractivity contribution in [3.05, 3.63) is 27.7 Å². The number of hydrogen-bond acceptors (Lipinski definition) is 3. The molecule has 0 bridgehead atoms. The van der Waals surface area contributed by atoms with Gasteiger partial charge in [0.05, 0.1) is 17.4 Å². The van der Waals surface area contributed by atoms with Crippen LogP contribution in [-0.2, 0) is 0 Å². The zero-order valence-corrected chi connectivity index (χ0v) is 10.3. The maximum absolute atomic E-state index is 9.55. The molecule has 1 aromatic carbocycles. The summed E-state index contributed by atoms with van der Waals surface area (Å²) < 4.78 is 0.631. The predicted octanol–water partition coefficient (Wildman–Crippen LogP) is 2.33. The fraction of sp³-hybridized carbons (Fsp3) is 0.222. The fourth-order valence-electron chi connectivity index (χ4n) is 1.01. The van der Waals surface area contributed by atoms with Crippen LogP contribution in [0.3, 0.4) is 0 Å². The minimum absolute atomic E-state index is 0.370. The third kappa shape index (κ3) is 2.27. The number of halogens is 2. The van der Waals surface area contributed by atoms with E-state index in [0.717, 1.165) is 0 Å². The van der Waals surface area contributed by atoms with Crippen molar-refractivity contribution in [1.82, 2.24) is 0 Å². The largest absolute Gasteiger partial charge is 0.397 e. The standard InChI is InChI=1S/C9H8Br2N2O/c10-3-8(14)5-1-6(4-12)9(13)7(11)2-5/h1-2,8,14H,3,13H2. The number of nitrogens with zero attached hydrogens (tertiary/aromatic N) is 1. The number of benzene rings is 1. The summed E-state index contributed by atoms with van der Waals surface area (Å²) in [6.07, 6.45) is -0.626. The number of nitriles is 1. The van der Waals surface area contributed by atoms with Gasteiger partial charge in [0.1, 0.15) is 6.07 Å². The van der Waals surface area contributed by atoms with Gasteiger partial charge >= 0.3 is 0 Å². The second-order valence-electron chi connectivity index (χ2n) is 2.75. The topological polar surface area (TPSA) is 70.0 Å². The molecule has 14 heavy (non-hydrogen) atoms. The second-order valence-corrected chi connectivity index (χ2v) is 4.25. The number of rotatable bonds is 2. The molecule has 0 aliphatic rings. The molecule has 1 rings (SSSR count). The van der Waals surface area contributed by atoms with Gasteiger partial charge in [0, 0.05) is 9.80 Å². The van der Waals surface area contributed by atoms with Gasteiger partial charge in [-0.2, -0.15) is 5.26 Å². The van der Waals surface area contributed by atoms with Crippen molar-refractivity contribution in [3.63, 3.8) is 0 Å². The van der Waals surface area contributed by atoms with Gasteiger partial charge in [0.2, 0.25) is 0 Å². The predicted molar refractivity (Wildman–Crippen MR) is 62.0 cm³/mol. The highest BCUT2D eigenvalue weighted by Gasteiger charge is 2.11. The van der Waals surface area contributed by atoms with Gasteiger partial charge in [0.15, 0.2) is 0 Å². The van der Waals surface area contributed by atoms with Gasteiger partial charge in [-0.15, -0.1) is 0 Å². The molecule has 1 aromatic rings. The van der Waals surface area contributed by atoms with E-state index >= 15 is 0 Å². The van der Waals surface area contributed by atoms with Gasteiger partial charge < -0.3 is 10.8 Å². The zero-order valence-electron chi connectivity index (χ0n) is 7.17. The van der Waals surface area contributed by atoms with E-state index in [0.29, 0.717) is 26.6 Å². The lowest BCUT2D eigenvalue weighted by Crippen LogP contribution is -2.01. The fourth-order valence-corrected chi connectivity index (χ4v) is 1.86. The molecular weight excluding hydrogens is 312 g/mol. The van der Waals surface area contributed by atoms with Crippen LogP contribution < -0.4 is 5.73 Å². The van der Waals surface area contributed by atoms with Crippen LogP contribution in [0.1, 0.15) is 17.2 Å². The number of anilines is 1. The van der Waals surface area contributed by atoms with E-state index in [4.69, 9.17) is 11.0 Å². The molecule has 0 aromatic heterocycles. The summed E-state index contributed by atoms with van der Waals surface area (Å²) >= 11 is 6.39. The number of aliphatic hydroxyl groups excluding tert-OH is 1. The van der Waals surface area contributed by atoms with Crippen molar-refractivity contribution in [2.24, 2.45) is 0 Å². The molecule has 0 saturated heterocycles. The number of nitrogen functional groups attached to an aromatic ring is 1. The average Bonchev–Trinajstić information content (AvgIpc) is 2.20. The Balaban J connectivity index is 3.24. The summed E-state index contributed by atoms with van der Waals surface area (Å²) in [5, 5.41) is 18.7. The van der Waals surface area contributed by atoms with Crippen LogP contribution in [0.4, 0.5) is 5.69 Å². The van der Waals surface area contributed by atoms with E-state index in [1.807, 2.05) is 6.07 Å². The molecule has 1 atom stereocenters. The summed E-state index contributed by atoms with van der Waals surface area (Å²) in [6, 6.07) is 5.27. The van der Waals surface area contributed by atoms with Crippen molar-refractivity contribution in [3.8, 4) is 6.07 Å². The molecule has 0 fully saturated rings. The van der Waals surface area contributed by atoms with E-state index in [-0.39, 0.29) is 0 Å². The van der Waals surface area contributed by atoms with Gasteiger partial charge in [0.25, 0.3) is 0 Å². The molecule has 1 unspecified atom stereocenters. The first-order chi connectivity index (χ1) is 6.60. The van der Waals surface area contributed by atoms with E-state index in [2.05, 4.69) is 31.9 Å². The lowest BCUT2D eigenvalue weighted by atomic mass is 10.1. The lowest BCUT2D eigenvalue weighted by molar-refractivity contribution is 0.205. The Hall–Kier alpha value is -0.570. The summed E-state index contributed by atoms with van der Waals surface area (Å²) in [6.45, 7) is 0. The molecule has 3 N–H and O–H groups in total. The molecule has 0 amide bonds. The van der Waals surface area contributed by atoms with E-state index in [1.54, 1.807) is 12.1 Å².